The molecule has 3 saturated heterocycles. The smallest absolute Gasteiger partial charge is 0.371 e. The highest BCUT2D eigenvalue weighted by atomic mass is 32.2. The number of carboxylic acid groups (broad SMARTS) is 1. The molecule has 3 aliphatic rings. The van der Waals surface area contributed by atoms with Gasteiger partial charge in [-0.2, -0.15) is 0 Å². The molecule has 5 heterocycles. The number of hydrogen-bond acceptors (Lipinski definition) is 12. The average molecular weight is 535 g/mol. The summed E-state index contributed by atoms with van der Waals surface area (Å²) in [6, 6.07) is 2.05. The van der Waals surface area contributed by atoms with Crippen LogP contribution in [0, 0.1) is 5.92 Å². The zero-order chi connectivity index (χ0) is 25.6. The molecule has 4 N–H and O–H groups in total. The summed E-state index contributed by atoms with van der Waals surface area (Å²) in [6.45, 7) is 0.00951. The second kappa shape index (κ2) is 9.03. The molecule has 5 atom stereocenters. The van der Waals surface area contributed by atoms with Crippen molar-refractivity contribution >= 4 is 57.1 Å². The van der Waals surface area contributed by atoms with Gasteiger partial charge in [0.15, 0.2) is 16.9 Å². The van der Waals surface area contributed by atoms with Gasteiger partial charge in [-0.1, -0.05) is 5.16 Å². The minimum atomic E-state index is -2.25. The van der Waals surface area contributed by atoms with E-state index >= 15 is 0 Å². The van der Waals surface area contributed by atoms with Crippen molar-refractivity contribution in [3.63, 3.8) is 0 Å². The molecule has 14 nitrogen and oxygen atoms in total. The van der Waals surface area contributed by atoms with E-state index in [4.69, 9.17) is 15.3 Å². The molecule has 2 aromatic rings. The highest BCUT2D eigenvalue weighted by Crippen LogP contribution is 2.48. The normalized spacial score (nSPS) is 29.0. The number of nitrogens with zero attached hydrogens (tertiary/aromatic N) is 4. The molecule has 36 heavy (non-hydrogen) atoms. The van der Waals surface area contributed by atoms with Gasteiger partial charge >= 0.3 is 11.9 Å². The van der Waals surface area contributed by atoms with Crippen LogP contribution >= 0.6 is 11.3 Å². The number of nitrogens with one attached hydrogen (secondary N) is 1. The van der Waals surface area contributed by atoms with E-state index in [2.05, 4.69) is 20.4 Å². The lowest BCUT2D eigenvalue weighted by atomic mass is 9.89. The Labute approximate surface area is 209 Å². The third-order valence-corrected chi connectivity index (χ3v) is 8.41. The quantitative estimate of drug-likeness (QED) is 0.126. The van der Waals surface area contributed by atoms with E-state index in [9.17, 15) is 28.8 Å². The van der Waals surface area contributed by atoms with Gasteiger partial charge in [-0.05, 0) is 28.9 Å². The number of aromatic nitrogens is 2. The fraction of sp³-hybridized carbons (Fsp3) is 0.350. The van der Waals surface area contributed by atoms with Crippen LogP contribution in [-0.2, 0) is 46.5 Å². The fourth-order valence-electron chi connectivity index (χ4n) is 4.35. The van der Waals surface area contributed by atoms with Crippen molar-refractivity contribution in [2.75, 3.05) is 11.5 Å². The van der Waals surface area contributed by atoms with Gasteiger partial charge in [0.1, 0.15) is 18.1 Å². The van der Waals surface area contributed by atoms with E-state index in [0.29, 0.717) is 0 Å². The number of esters is 1. The summed E-state index contributed by atoms with van der Waals surface area (Å²) in [5, 5.41) is 16.6. The van der Waals surface area contributed by atoms with Crippen LogP contribution in [-0.4, -0.2) is 76.9 Å². The molecular formula is C20H18N6O8S2. The number of carbonyl (C=O) groups excluding carboxylic acids is 3. The highest BCUT2D eigenvalue weighted by molar-refractivity contribution is 7.92. The van der Waals surface area contributed by atoms with E-state index in [1.54, 1.807) is 24.5 Å². The molecule has 0 aliphatic carbocycles. The van der Waals surface area contributed by atoms with Crippen LogP contribution < -0.4 is 11.1 Å². The van der Waals surface area contributed by atoms with Gasteiger partial charge in [0.05, 0.1) is 12.3 Å². The first kappa shape index (κ1) is 24.0. The minimum absolute atomic E-state index is 0.00951. The molecule has 188 valence electrons. The fourth-order valence-corrected chi connectivity index (χ4v) is 6.82. The third-order valence-electron chi connectivity index (χ3n) is 5.98. The number of carboxylic acids is 1. The molecular weight excluding hydrogens is 516 g/mol. The number of ether oxygens (including phenoxy) is 1. The maximum atomic E-state index is 13.1. The molecule has 0 spiro atoms. The SMILES string of the molecule is Nc1nc(/C(=N/OCc2ccncc2)C(=O)N[C@@H]2C(=O)N3[C@@H]2[S@@+]([O-])C[C@@H]2CC(=O)O[C@@]23C(=O)O)cs1. The summed E-state index contributed by atoms with van der Waals surface area (Å²) in [5.41, 5.74) is 3.96. The Hall–Kier alpha value is -3.76. The number of hydrogen-bond donors (Lipinski definition) is 3. The number of anilines is 1. The largest absolute Gasteiger partial charge is 0.615 e. The van der Waals surface area contributed by atoms with Gasteiger partial charge in [0.2, 0.25) is 5.37 Å². The van der Waals surface area contributed by atoms with Crippen LogP contribution in [0.1, 0.15) is 17.7 Å². The number of amides is 2. The minimum Gasteiger partial charge on any atom is -0.615 e. The standard InChI is InChI=1S/C20H18N6O8S2/c21-19-23-11(7-35-19)13(25-33-6-9-1-3-22-4-2-9)15(28)24-14-16(29)26-17(14)36(32)8-10-5-12(27)34-20(10,26)18(30)31/h1-4,7,10,14,17H,5-6,8H2,(H2,21,23)(H,24,28)(H,30,31)/b25-13-/t10-,14+,17+,20+,36-/m0/s1. The van der Waals surface area contributed by atoms with E-state index in [0.717, 1.165) is 21.8 Å². The molecule has 2 amide bonds. The summed E-state index contributed by atoms with van der Waals surface area (Å²) in [4.78, 5) is 64.1. The monoisotopic (exact) mass is 534 g/mol. The molecule has 0 radical (unpaired) electrons. The molecule has 3 fully saturated rings. The van der Waals surface area contributed by atoms with Crippen LogP contribution in [0.4, 0.5) is 5.13 Å². The maximum Gasteiger partial charge on any atom is 0.371 e. The number of fused-ring (bicyclic) bond motifs is 3. The first-order chi connectivity index (χ1) is 17.2. The van der Waals surface area contributed by atoms with Crippen molar-refractivity contribution in [2.24, 2.45) is 11.1 Å². The Kier molecular flexibility index (Phi) is 6.01. The van der Waals surface area contributed by atoms with Gasteiger partial charge in [0.25, 0.3) is 17.5 Å². The number of β-lactam (4-membered cyclic amide) rings is 1. The van der Waals surface area contributed by atoms with Crippen LogP contribution in [0.5, 0.6) is 0 Å². The number of nitrogen functional groups attached to an aromatic ring is 1. The zero-order valence-corrected chi connectivity index (χ0v) is 19.9. The van der Waals surface area contributed by atoms with Gasteiger partial charge < -0.3 is 30.3 Å². The van der Waals surface area contributed by atoms with Crippen molar-refractivity contribution in [1.82, 2.24) is 20.2 Å². The van der Waals surface area contributed by atoms with E-state index < -0.39 is 58.0 Å². The number of oxime groups is 1. The Balaban J connectivity index is 1.37. The van der Waals surface area contributed by atoms with Crippen LogP contribution in [0.25, 0.3) is 0 Å². The lowest BCUT2D eigenvalue weighted by Crippen LogP contribution is -2.84. The summed E-state index contributed by atoms with van der Waals surface area (Å²) in [7, 11) is 0. The number of carbonyl (C=O) groups is 4. The van der Waals surface area contributed by atoms with E-state index in [1.807, 2.05) is 0 Å². The lowest BCUT2D eigenvalue weighted by Gasteiger charge is -2.55. The van der Waals surface area contributed by atoms with Crippen LogP contribution in [0.2, 0.25) is 0 Å². The van der Waals surface area contributed by atoms with Crippen LogP contribution in [0.3, 0.4) is 0 Å². The molecule has 0 aromatic carbocycles. The molecule has 0 saturated carbocycles. The molecule has 0 bridgehead atoms. The Morgan fingerprint density at radius 3 is 2.83 bits per heavy atom. The summed E-state index contributed by atoms with van der Waals surface area (Å²) < 4.78 is 18.0. The number of aliphatic carboxylic acids is 1. The zero-order valence-electron chi connectivity index (χ0n) is 18.2. The van der Waals surface area contributed by atoms with Gasteiger partial charge in [-0.3, -0.25) is 19.4 Å². The van der Waals surface area contributed by atoms with Gasteiger partial charge in [0, 0.05) is 17.8 Å². The second-order valence-electron chi connectivity index (χ2n) is 8.11. The van der Waals surface area contributed by atoms with E-state index in [1.165, 1.54) is 5.38 Å². The Morgan fingerprint density at radius 2 is 2.17 bits per heavy atom. The number of pyridine rings is 1. The van der Waals surface area contributed by atoms with Crippen molar-refractivity contribution in [3.8, 4) is 0 Å². The average Bonchev–Trinajstić information content (AvgIpc) is 3.42. The number of nitrogens with two attached hydrogens (primary N) is 1. The molecule has 3 aliphatic heterocycles. The summed E-state index contributed by atoms with van der Waals surface area (Å²) >= 11 is -0.708. The molecule has 0 unspecified atom stereocenters. The van der Waals surface area contributed by atoms with Crippen molar-refractivity contribution in [2.45, 2.75) is 30.2 Å². The molecule has 5 rings (SSSR count). The number of thiazole rings is 1. The Morgan fingerprint density at radius 1 is 1.42 bits per heavy atom. The van der Waals surface area contributed by atoms with Gasteiger partial charge in [-0.15, -0.1) is 11.3 Å². The van der Waals surface area contributed by atoms with Crippen molar-refractivity contribution in [3.05, 3.63) is 41.2 Å². The lowest BCUT2D eigenvalue weighted by molar-refractivity contribution is -0.216. The number of rotatable bonds is 7. The first-order valence-corrected chi connectivity index (χ1v) is 12.7. The van der Waals surface area contributed by atoms with Crippen LogP contribution in [0.15, 0.2) is 35.1 Å². The topological polar surface area (TPSA) is 209 Å². The maximum absolute atomic E-state index is 13.1. The summed E-state index contributed by atoms with van der Waals surface area (Å²) in [6.07, 6.45) is 2.85. The molecule has 2 aromatic heterocycles. The molecule has 16 heteroatoms. The van der Waals surface area contributed by atoms with Gasteiger partial charge in [-0.25, -0.2) is 14.7 Å². The van der Waals surface area contributed by atoms with Crippen molar-refractivity contribution in [1.29, 1.82) is 0 Å². The van der Waals surface area contributed by atoms with E-state index in [-0.39, 0.29) is 35.3 Å². The third kappa shape index (κ3) is 3.82. The summed E-state index contributed by atoms with van der Waals surface area (Å²) in [5.74, 6) is -5.21. The van der Waals surface area contributed by atoms with Crippen molar-refractivity contribution < 1.29 is 38.4 Å². The Bertz CT molecular complexity index is 1270. The predicted octanol–water partition coefficient (Wildman–Crippen LogP) is -1.20. The highest BCUT2D eigenvalue weighted by Gasteiger charge is 2.76. The second-order valence-corrected chi connectivity index (χ2v) is 10.6. The first-order valence-electron chi connectivity index (χ1n) is 10.5. The predicted molar refractivity (Wildman–Crippen MR) is 122 cm³/mol.